The number of nitrogens with one attached hydrogen (secondary N) is 1. The van der Waals surface area contributed by atoms with E-state index < -0.39 is 29.6 Å². The maximum Gasteiger partial charge on any atom is 0.303 e. The summed E-state index contributed by atoms with van der Waals surface area (Å²) in [6, 6.07) is 2.29. The molecule has 0 fully saturated rings. The van der Waals surface area contributed by atoms with E-state index in [0.29, 0.717) is 0 Å². The molecule has 1 rings (SSSR count). The van der Waals surface area contributed by atoms with Crippen LogP contribution in [0.5, 0.6) is 0 Å². The van der Waals surface area contributed by atoms with Crippen LogP contribution in [0.1, 0.15) is 23.2 Å². The summed E-state index contributed by atoms with van der Waals surface area (Å²) in [5.74, 6) is -3.46. The molecule has 20 heavy (non-hydrogen) atoms. The molecule has 0 aliphatic carbocycles. The normalized spacial score (nSPS) is 11.7. The Bertz CT molecular complexity index is 548. The van der Waals surface area contributed by atoms with Gasteiger partial charge in [0.15, 0.2) is 0 Å². The maximum absolute atomic E-state index is 13.2. The van der Waals surface area contributed by atoms with Gasteiger partial charge in [-0.2, -0.15) is 0 Å². The molecule has 0 aliphatic heterocycles. The van der Waals surface area contributed by atoms with E-state index in [1.807, 2.05) is 0 Å². The third-order valence-corrected chi connectivity index (χ3v) is 2.51. The van der Waals surface area contributed by atoms with Gasteiger partial charge in [0.25, 0.3) is 5.91 Å². The summed E-state index contributed by atoms with van der Waals surface area (Å²) in [6.45, 7) is 0. The van der Waals surface area contributed by atoms with Crippen molar-refractivity contribution < 1.29 is 23.9 Å². The first-order valence-corrected chi connectivity index (χ1v) is 5.69. The van der Waals surface area contributed by atoms with E-state index in [-0.39, 0.29) is 24.1 Å². The second kappa shape index (κ2) is 6.62. The molecule has 0 saturated heterocycles. The summed E-state index contributed by atoms with van der Waals surface area (Å²) in [5.41, 5.74) is 10.3. The number of hydrogen-bond acceptors (Lipinski definition) is 4. The number of nitrogens with two attached hydrogens (primary N) is 2. The van der Waals surface area contributed by atoms with Crippen LogP contribution in [0.3, 0.4) is 0 Å². The Hall–Kier alpha value is -2.48. The van der Waals surface area contributed by atoms with Crippen molar-refractivity contribution >= 4 is 23.5 Å². The lowest BCUT2D eigenvalue weighted by atomic mass is 10.1. The molecule has 1 unspecified atom stereocenters. The first-order chi connectivity index (χ1) is 9.31. The van der Waals surface area contributed by atoms with Gasteiger partial charge in [-0.3, -0.25) is 14.4 Å². The van der Waals surface area contributed by atoms with Gasteiger partial charge in [0, 0.05) is 12.1 Å². The number of halogens is 1. The van der Waals surface area contributed by atoms with Crippen LogP contribution >= 0.6 is 0 Å². The molecular weight excluding hydrogens is 269 g/mol. The topological polar surface area (TPSA) is 136 Å². The highest BCUT2D eigenvalue weighted by Gasteiger charge is 2.16. The first-order valence-electron chi connectivity index (χ1n) is 5.69. The molecule has 0 spiro atoms. The molecule has 0 heterocycles. The molecular formula is C12H14FN3O4. The molecule has 7 nitrogen and oxygen atoms in total. The average Bonchev–Trinajstić information content (AvgIpc) is 2.37. The fourth-order valence-electron chi connectivity index (χ4n) is 1.44. The summed E-state index contributed by atoms with van der Waals surface area (Å²) in [5, 5.41) is 10.8. The lowest BCUT2D eigenvalue weighted by molar-refractivity contribution is -0.137. The van der Waals surface area contributed by atoms with E-state index in [1.54, 1.807) is 0 Å². The first kappa shape index (κ1) is 15.6. The van der Waals surface area contributed by atoms with E-state index in [4.69, 9.17) is 16.6 Å². The predicted octanol–water partition coefficient (Wildman–Crippen LogP) is 0.0552. The fraction of sp³-hybridized carbons (Fsp3) is 0.250. The molecule has 0 aromatic heterocycles. The third-order valence-electron chi connectivity index (χ3n) is 2.51. The number of carbonyl (C=O) groups excluding carboxylic acids is 2. The van der Waals surface area contributed by atoms with Crippen LogP contribution in [0, 0.1) is 5.82 Å². The van der Waals surface area contributed by atoms with E-state index in [2.05, 4.69) is 5.32 Å². The van der Waals surface area contributed by atoms with Crippen LogP contribution in [0.2, 0.25) is 0 Å². The van der Waals surface area contributed by atoms with Crippen molar-refractivity contribution in [3.05, 3.63) is 29.6 Å². The summed E-state index contributed by atoms with van der Waals surface area (Å²) < 4.78 is 13.2. The number of aliphatic carboxylic acids is 1. The second-order valence-corrected chi connectivity index (χ2v) is 4.09. The Kier molecular flexibility index (Phi) is 5.15. The van der Waals surface area contributed by atoms with Gasteiger partial charge in [-0.05, 0) is 24.6 Å². The summed E-state index contributed by atoms with van der Waals surface area (Å²) >= 11 is 0. The minimum Gasteiger partial charge on any atom is -0.481 e. The van der Waals surface area contributed by atoms with E-state index >= 15 is 0 Å². The van der Waals surface area contributed by atoms with Gasteiger partial charge >= 0.3 is 5.97 Å². The predicted molar refractivity (Wildman–Crippen MR) is 68.4 cm³/mol. The minimum atomic E-state index is -1.06. The molecule has 108 valence electrons. The number of carbonyl (C=O) groups is 3. The van der Waals surface area contributed by atoms with Gasteiger partial charge in [-0.15, -0.1) is 0 Å². The van der Waals surface area contributed by atoms with Gasteiger partial charge in [0.2, 0.25) is 5.91 Å². The van der Waals surface area contributed by atoms with Crippen LogP contribution in [0.15, 0.2) is 18.2 Å². The van der Waals surface area contributed by atoms with Crippen LogP contribution in [-0.4, -0.2) is 28.9 Å². The molecule has 0 saturated carbocycles. The smallest absolute Gasteiger partial charge is 0.303 e. The van der Waals surface area contributed by atoms with Crippen molar-refractivity contribution in [2.45, 2.75) is 18.9 Å². The number of anilines is 1. The third kappa shape index (κ3) is 4.32. The molecule has 1 aromatic rings. The molecule has 0 radical (unpaired) electrons. The molecule has 6 N–H and O–H groups in total. The Labute approximate surface area is 113 Å². The minimum absolute atomic E-state index is 0.0367. The highest BCUT2D eigenvalue weighted by atomic mass is 19.1. The van der Waals surface area contributed by atoms with Crippen molar-refractivity contribution in [2.75, 3.05) is 5.32 Å². The molecule has 0 aliphatic rings. The average molecular weight is 283 g/mol. The van der Waals surface area contributed by atoms with Gasteiger partial charge in [-0.1, -0.05) is 0 Å². The Balaban J connectivity index is 2.73. The van der Waals surface area contributed by atoms with Crippen molar-refractivity contribution in [1.82, 2.24) is 0 Å². The van der Waals surface area contributed by atoms with E-state index in [1.165, 1.54) is 6.07 Å². The Morgan fingerprint density at radius 1 is 1.35 bits per heavy atom. The fourth-order valence-corrected chi connectivity index (χ4v) is 1.44. The quantitative estimate of drug-likeness (QED) is 0.585. The van der Waals surface area contributed by atoms with Crippen LogP contribution in [0.25, 0.3) is 0 Å². The molecule has 1 atom stereocenters. The van der Waals surface area contributed by atoms with E-state index in [9.17, 15) is 18.8 Å². The van der Waals surface area contributed by atoms with Crippen molar-refractivity contribution in [1.29, 1.82) is 0 Å². The highest BCUT2D eigenvalue weighted by Crippen LogP contribution is 2.14. The standard InChI is InChI=1S/C12H14FN3O4/c13-8-2-1-6(5-7(8)11(15)19)16-12(20)9(14)3-4-10(17)18/h1-2,5,9H,3-4,14H2,(H2,15,19)(H,16,20)(H,17,18). The van der Waals surface area contributed by atoms with Crippen LogP contribution < -0.4 is 16.8 Å². The number of carboxylic acids is 1. The summed E-state index contributed by atoms with van der Waals surface area (Å²) in [6.07, 6.45) is -0.282. The van der Waals surface area contributed by atoms with Crippen molar-refractivity contribution in [3.8, 4) is 0 Å². The number of hydrogen-bond donors (Lipinski definition) is 4. The zero-order valence-electron chi connectivity index (χ0n) is 10.4. The van der Waals surface area contributed by atoms with Crippen LogP contribution in [0.4, 0.5) is 10.1 Å². The SMILES string of the molecule is NC(=O)c1cc(NC(=O)C(N)CCC(=O)O)ccc1F. The number of carboxylic acid groups (broad SMARTS) is 1. The Morgan fingerprint density at radius 3 is 2.55 bits per heavy atom. The van der Waals surface area contributed by atoms with Gasteiger partial charge in [0.1, 0.15) is 5.82 Å². The van der Waals surface area contributed by atoms with Crippen molar-refractivity contribution in [2.24, 2.45) is 11.5 Å². The van der Waals surface area contributed by atoms with Gasteiger partial charge < -0.3 is 21.9 Å². The number of benzene rings is 1. The number of amides is 2. The molecule has 8 heteroatoms. The van der Waals surface area contributed by atoms with E-state index in [0.717, 1.165) is 12.1 Å². The molecule has 0 bridgehead atoms. The van der Waals surface area contributed by atoms with Gasteiger partial charge in [0.05, 0.1) is 11.6 Å². The number of primary amides is 1. The molecule has 2 amide bonds. The van der Waals surface area contributed by atoms with Crippen molar-refractivity contribution in [3.63, 3.8) is 0 Å². The lowest BCUT2D eigenvalue weighted by Gasteiger charge is -2.11. The maximum atomic E-state index is 13.2. The zero-order valence-corrected chi connectivity index (χ0v) is 10.4. The number of rotatable bonds is 6. The monoisotopic (exact) mass is 283 g/mol. The summed E-state index contributed by atoms with van der Waals surface area (Å²) in [7, 11) is 0. The Morgan fingerprint density at radius 2 is 2.00 bits per heavy atom. The zero-order chi connectivity index (χ0) is 15.3. The largest absolute Gasteiger partial charge is 0.481 e. The van der Waals surface area contributed by atoms with Crippen LogP contribution in [-0.2, 0) is 9.59 Å². The lowest BCUT2D eigenvalue weighted by Crippen LogP contribution is -2.36. The highest BCUT2D eigenvalue weighted by molar-refractivity contribution is 5.98. The second-order valence-electron chi connectivity index (χ2n) is 4.09. The van der Waals surface area contributed by atoms with Gasteiger partial charge in [-0.25, -0.2) is 4.39 Å². The molecule has 1 aromatic carbocycles. The summed E-state index contributed by atoms with van der Waals surface area (Å²) in [4.78, 5) is 33.0.